The lowest BCUT2D eigenvalue weighted by atomic mass is 10.1. The number of nitrogens with one attached hydrogen (secondary N) is 1. The maximum atomic E-state index is 8.92. The molecule has 0 radical (unpaired) electrons. The van der Waals surface area contributed by atoms with Gasteiger partial charge in [-0.1, -0.05) is 0 Å². The van der Waals surface area contributed by atoms with E-state index in [1.165, 1.54) is 6.42 Å². The maximum absolute atomic E-state index is 8.92. The van der Waals surface area contributed by atoms with Crippen molar-refractivity contribution in [3.8, 4) is 16.9 Å². The van der Waals surface area contributed by atoms with E-state index < -0.39 is 0 Å². The summed E-state index contributed by atoms with van der Waals surface area (Å²) in [5, 5.41) is 12.2. The molecule has 0 saturated carbocycles. The van der Waals surface area contributed by atoms with E-state index in [0.29, 0.717) is 12.6 Å². The zero-order chi connectivity index (χ0) is 15.2. The summed E-state index contributed by atoms with van der Waals surface area (Å²) in [6, 6.07) is 6.49. The number of pyridine rings is 2. The number of aromatic nitrogens is 2. The Morgan fingerprint density at radius 2 is 2.18 bits per heavy atom. The first-order chi connectivity index (χ1) is 10.8. The first kappa shape index (κ1) is 14.9. The highest BCUT2D eigenvalue weighted by Gasteiger charge is 2.16. The molecular weight excluding hydrogens is 278 g/mol. The second kappa shape index (κ2) is 7.33. The number of aryl methyl sites for hydroxylation is 1. The molecule has 1 atom stereocenters. The minimum Gasteiger partial charge on any atom is -0.490 e. The van der Waals surface area contributed by atoms with Crippen molar-refractivity contribution in [1.82, 2.24) is 15.3 Å². The molecule has 2 aromatic rings. The lowest BCUT2D eigenvalue weighted by molar-refractivity contribution is 0.217. The summed E-state index contributed by atoms with van der Waals surface area (Å²) >= 11 is 0. The Balaban J connectivity index is 1.70. The molecule has 0 aromatic carbocycles. The van der Waals surface area contributed by atoms with Crippen LogP contribution in [0.5, 0.6) is 5.75 Å². The molecule has 0 bridgehead atoms. The van der Waals surface area contributed by atoms with Gasteiger partial charge in [0.05, 0.1) is 6.20 Å². The average molecular weight is 299 g/mol. The molecule has 1 aliphatic rings. The van der Waals surface area contributed by atoms with Crippen molar-refractivity contribution in [3.63, 3.8) is 0 Å². The van der Waals surface area contributed by atoms with Crippen molar-refractivity contribution in [3.05, 3.63) is 42.5 Å². The summed E-state index contributed by atoms with van der Waals surface area (Å²) in [6.07, 6.45) is 8.06. The third-order valence-corrected chi connectivity index (χ3v) is 3.83. The smallest absolute Gasteiger partial charge is 0.138 e. The zero-order valence-corrected chi connectivity index (χ0v) is 12.5. The van der Waals surface area contributed by atoms with Gasteiger partial charge in [-0.25, -0.2) is 0 Å². The normalized spacial score (nSPS) is 17.0. The molecule has 1 saturated heterocycles. The van der Waals surface area contributed by atoms with Crippen molar-refractivity contribution in [2.75, 3.05) is 19.8 Å². The molecule has 3 rings (SSSR count). The standard InChI is InChI=1S/C17H21N3O2/c21-7-1-2-15-8-13(3-5-19-15)14-9-17(11-18-10-14)22-12-16-4-6-20-16/h3,5,8-11,16,20-21H,1-2,4,6-7,12H2/t16-/m0/s1. The van der Waals surface area contributed by atoms with E-state index in [9.17, 15) is 0 Å². The van der Waals surface area contributed by atoms with Gasteiger partial charge in [0.15, 0.2) is 0 Å². The molecule has 0 spiro atoms. The quantitative estimate of drug-likeness (QED) is 0.816. The first-order valence-corrected chi connectivity index (χ1v) is 7.72. The topological polar surface area (TPSA) is 67.3 Å². The van der Waals surface area contributed by atoms with E-state index in [4.69, 9.17) is 9.84 Å². The molecule has 22 heavy (non-hydrogen) atoms. The van der Waals surface area contributed by atoms with E-state index >= 15 is 0 Å². The third kappa shape index (κ3) is 3.81. The van der Waals surface area contributed by atoms with Gasteiger partial charge in [-0.3, -0.25) is 9.97 Å². The fourth-order valence-corrected chi connectivity index (χ4v) is 2.40. The van der Waals surface area contributed by atoms with Crippen LogP contribution in [0.4, 0.5) is 0 Å². The molecule has 1 aliphatic heterocycles. The number of ether oxygens (including phenoxy) is 1. The lowest BCUT2D eigenvalue weighted by Gasteiger charge is -2.27. The molecule has 0 unspecified atom stereocenters. The summed E-state index contributed by atoms with van der Waals surface area (Å²) in [5.74, 6) is 0.792. The summed E-state index contributed by atoms with van der Waals surface area (Å²) in [4.78, 5) is 8.60. The van der Waals surface area contributed by atoms with E-state index in [-0.39, 0.29) is 6.61 Å². The number of hydrogen-bond acceptors (Lipinski definition) is 5. The summed E-state index contributed by atoms with van der Waals surface area (Å²) < 4.78 is 5.79. The largest absolute Gasteiger partial charge is 0.490 e. The molecule has 5 heteroatoms. The van der Waals surface area contributed by atoms with Crippen LogP contribution in [0.2, 0.25) is 0 Å². The van der Waals surface area contributed by atoms with E-state index in [1.54, 1.807) is 12.4 Å². The predicted octanol–water partition coefficient (Wildman–Crippen LogP) is 1.81. The number of hydrogen-bond donors (Lipinski definition) is 2. The van der Waals surface area contributed by atoms with Crippen LogP contribution in [-0.4, -0.2) is 40.9 Å². The molecule has 116 valence electrons. The van der Waals surface area contributed by atoms with Gasteiger partial charge in [0.2, 0.25) is 0 Å². The van der Waals surface area contributed by atoms with Crippen LogP contribution in [0.25, 0.3) is 11.1 Å². The Labute approximate surface area is 130 Å². The number of aliphatic hydroxyl groups excluding tert-OH is 1. The highest BCUT2D eigenvalue weighted by atomic mass is 16.5. The lowest BCUT2D eigenvalue weighted by Crippen LogP contribution is -2.46. The van der Waals surface area contributed by atoms with Gasteiger partial charge in [-0.15, -0.1) is 0 Å². The molecule has 1 fully saturated rings. The highest BCUT2D eigenvalue weighted by molar-refractivity contribution is 5.63. The minimum atomic E-state index is 0.186. The van der Waals surface area contributed by atoms with Gasteiger partial charge < -0.3 is 15.2 Å². The molecule has 2 aromatic heterocycles. The first-order valence-electron chi connectivity index (χ1n) is 7.72. The SMILES string of the molecule is OCCCc1cc(-c2cncc(OC[C@@H]3CCN3)c2)ccn1. The summed E-state index contributed by atoms with van der Waals surface area (Å²) in [6.45, 7) is 1.95. The molecule has 0 aliphatic carbocycles. The number of rotatable bonds is 7. The summed E-state index contributed by atoms with van der Waals surface area (Å²) in [7, 11) is 0. The summed E-state index contributed by atoms with van der Waals surface area (Å²) in [5.41, 5.74) is 3.07. The average Bonchev–Trinajstić information content (AvgIpc) is 2.52. The van der Waals surface area contributed by atoms with Crippen molar-refractivity contribution < 1.29 is 9.84 Å². The van der Waals surface area contributed by atoms with Crippen LogP contribution in [0, 0.1) is 0 Å². The monoisotopic (exact) mass is 299 g/mol. The van der Waals surface area contributed by atoms with Crippen LogP contribution in [0.3, 0.4) is 0 Å². The van der Waals surface area contributed by atoms with Gasteiger partial charge in [-0.05, 0) is 49.6 Å². The van der Waals surface area contributed by atoms with Crippen LogP contribution < -0.4 is 10.1 Å². The Kier molecular flexibility index (Phi) is 4.98. The fraction of sp³-hybridized carbons (Fsp3) is 0.412. The van der Waals surface area contributed by atoms with Crippen LogP contribution in [0.1, 0.15) is 18.5 Å². The second-order valence-electron chi connectivity index (χ2n) is 5.52. The van der Waals surface area contributed by atoms with Crippen LogP contribution >= 0.6 is 0 Å². The van der Waals surface area contributed by atoms with Gasteiger partial charge in [0.1, 0.15) is 12.4 Å². The number of aliphatic hydroxyl groups is 1. The van der Waals surface area contributed by atoms with Crippen molar-refractivity contribution in [1.29, 1.82) is 0 Å². The Hall–Kier alpha value is -1.98. The van der Waals surface area contributed by atoms with Gasteiger partial charge in [0, 0.05) is 36.3 Å². The van der Waals surface area contributed by atoms with E-state index in [1.807, 2.05) is 24.4 Å². The van der Waals surface area contributed by atoms with Crippen molar-refractivity contribution in [2.45, 2.75) is 25.3 Å². The van der Waals surface area contributed by atoms with Crippen molar-refractivity contribution in [2.24, 2.45) is 0 Å². The fourth-order valence-electron chi connectivity index (χ4n) is 2.40. The Morgan fingerprint density at radius 1 is 1.27 bits per heavy atom. The van der Waals surface area contributed by atoms with Crippen LogP contribution in [0.15, 0.2) is 36.8 Å². The highest BCUT2D eigenvalue weighted by Crippen LogP contribution is 2.23. The zero-order valence-electron chi connectivity index (χ0n) is 12.5. The van der Waals surface area contributed by atoms with Crippen molar-refractivity contribution >= 4 is 0 Å². The van der Waals surface area contributed by atoms with E-state index in [2.05, 4.69) is 15.3 Å². The van der Waals surface area contributed by atoms with Gasteiger partial charge in [-0.2, -0.15) is 0 Å². The predicted molar refractivity (Wildman–Crippen MR) is 84.8 cm³/mol. The molecule has 5 nitrogen and oxygen atoms in total. The second-order valence-corrected chi connectivity index (χ2v) is 5.52. The molecule has 0 amide bonds. The van der Waals surface area contributed by atoms with Gasteiger partial charge >= 0.3 is 0 Å². The Morgan fingerprint density at radius 3 is 2.95 bits per heavy atom. The number of nitrogens with zero attached hydrogens (tertiary/aromatic N) is 2. The van der Waals surface area contributed by atoms with E-state index in [0.717, 1.165) is 42.0 Å². The minimum absolute atomic E-state index is 0.186. The maximum Gasteiger partial charge on any atom is 0.138 e. The Bertz CT molecular complexity index is 614. The third-order valence-electron chi connectivity index (χ3n) is 3.83. The molecular formula is C17H21N3O2. The van der Waals surface area contributed by atoms with Crippen LogP contribution in [-0.2, 0) is 6.42 Å². The molecule has 2 N–H and O–H groups in total. The van der Waals surface area contributed by atoms with Gasteiger partial charge in [0.25, 0.3) is 0 Å². The molecule has 3 heterocycles.